The van der Waals surface area contributed by atoms with E-state index >= 15 is 0 Å². The second kappa shape index (κ2) is 12.8. The van der Waals surface area contributed by atoms with Gasteiger partial charge in [0, 0.05) is 33.5 Å². The van der Waals surface area contributed by atoms with Gasteiger partial charge in [-0.2, -0.15) is 4.68 Å². The first-order valence-corrected chi connectivity index (χ1v) is 12.8. The topological polar surface area (TPSA) is 74.1 Å². The molecule has 0 unspecified atom stereocenters. The number of para-hydroxylation sites is 2. The maximum Gasteiger partial charge on any atom is 0.214 e. The lowest BCUT2D eigenvalue weighted by Gasteiger charge is -2.16. The molecule has 0 saturated heterocycles. The summed E-state index contributed by atoms with van der Waals surface area (Å²) < 4.78 is 13.4. The van der Waals surface area contributed by atoms with Crippen molar-refractivity contribution in [1.82, 2.24) is 25.5 Å². The summed E-state index contributed by atoms with van der Waals surface area (Å²) in [7, 11) is 1.63. The van der Waals surface area contributed by atoms with Crippen LogP contribution in [-0.4, -0.2) is 39.6 Å². The molecule has 0 aliphatic carbocycles. The summed E-state index contributed by atoms with van der Waals surface area (Å²) in [5.74, 6) is 2.26. The number of halogens is 2. The van der Waals surface area contributed by atoms with E-state index in [0.29, 0.717) is 34.7 Å². The largest absolute Gasteiger partial charge is 0.493 e. The van der Waals surface area contributed by atoms with Gasteiger partial charge in [0.05, 0.1) is 12.8 Å². The van der Waals surface area contributed by atoms with Crippen molar-refractivity contribution in [3.05, 3.63) is 87.9 Å². The van der Waals surface area contributed by atoms with Crippen LogP contribution < -0.4 is 14.8 Å². The quantitative estimate of drug-likeness (QED) is 0.183. The monoisotopic (exact) mass is 529 g/mol. The number of methoxy groups -OCH3 is 1. The summed E-state index contributed by atoms with van der Waals surface area (Å²) in [6.45, 7) is 1.79. The summed E-state index contributed by atoms with van der Waals surface area (Å²) in [5.41, 5.74) is 2.81. The van der Waals surface area contributed by atoms with E-state index in [1.54, 1.807) is 35.7 Å². The second-order valence-electron chi connectivity index (χ2n) is 7.56. The number of benzene rings is 3. The Kier molecular flexibility index (Phi) is 9.25. The van der Waals surface area contributed by atoms with Gasteiger partial charge < -0.3 is 14.8 Å². The van der Waals surface area contributed by atoms with Gasteiger partial charge in [0.15, 0.2) is 11.5 Å². The van der Waals surface area contributed by atoms with Gasteiger partial charge in [0.2, 0.25) is 5.16 Å². The Morgan fingerprint density at radius 3 is 2.66 bits per heavy atom. The summed E-state index contributed by atoms with van der Waals surface area (Å²) in [6, 6.07) is 21.1. The smallest absolute Gasteiger partial charge is 0.214 e. The molecule has 35 heavy (non-hydrogen) atoms. The lowest BCUT2D eigenvalue weighted by atomic mass is 10.1. The Balaban J connectivity index is 1.28. The molecular weight excluding hydrogens is 505 g/mol. The van der Waals surface area contributed by atoms with Gasteiger partial charge >= 0.3 is 0 Å². The molecule has 0 amide bonds. The normalized spacial score (nSPS) is 10.9. The van der Waals surface area contributed by atoms with E-state index in [0.717, 1.165) is 40.7 Å². The summed E-state index contributed by atoms with van der Waals surface area (Å²) in [6.07, 6.45) is 0.951. The van der Waals surface area contributed by atoms with E-state index in [-0.39, 0.29) is 0 Å². The zero-order valence-corrected chi connectivity index (χ0v) is 21.5. The molecule has 0 radical (unpaired) electrons. The minimum atomic E-state index is 0.316. The zero-order chi connectivity index (χ0) is 24.5. The molecule has 0 aliphatic rings. The molecule has 0 aliphatic heterocycles. The van der Waals surface area contributed by atoms with E-state index in [1.807, 2.05) is 54.6 Å². The molecule has 1 heterocycles. The van der Waals surface area contributed by atoms with Gasteiger partial charge in [0.25, 0.3) is 0 Å². The first kappa shape index (κ1) is 25.3. The summed E-state index contributed by atoms with van der Waals surface area (Å²) >= 11 is 13.9. The molecule has 182 valence electrons. The van der Waals surface area contributed by atoms with Crippen LogP contribution in [0.25, 0.3) is 5.69 Å². The van der Waals surface area contributed by atoms with Crippen molar-refractivity contribution >= 4 is 35.0 Å². The number of hydrogen-bond donors (Lipinski definition) is 1. The van der Waals surface area contributed by atoms with Crippen molar-refractivity contribution in [2.75, 3.05) is 19.4 Å². The van der Waals surface area contributed by atoms with E-state index in [2.05, 4.69) is 20.8 Å². The Labute approximate surface area is 218 Å². The predicted molar refractivity (Wildman–Crippen MR) is 140 cm³/mol. The fraction of sp³-hybridized carbons (Fsp3) is 0.240. The molecule has 7 nitrogen and oxygen atoms in total. The van der Waals surface area contributed by atoms with Crippen LogP contribution in [0.15, 0.2) is 71.9 Å². The minimum absolute atomic E-state index is 0.316. The third kappa shape index (κ3) is 6.89. The van der Waals surface area contributed by atoms with Gasteiger partial charge in [-0.15, -0.1) is 5.10 Å². The van der Waals surface area contributed by atoms with E-state index < -0.39 is 0 Å². The fourth-order valence-electron chi connectivity index (χ4n) is 3.40. The van der Waals surface area contributed by atoms with Crippen LogP contribution in [0.3, 0.4) is 0 Å². The number of hydrogen-bond acceptors (Lipinski definition) is 7. The average molecular weight is 530 g/mol. The van der Waals surface area contributed by atoms with Gasteiger partial charge in [-0.3, -0.25) is 0 Å². The predicted octanol–water partition coefficient (Wildman–Crippen LogP) is 5.83. The number of aromatic nitrogens is 4. The molecular formula is C25H25Cl2N5O2S. The van der Waals surface area contributed by atoms with Crippen molar-refractivity contribution in [3.8, 4) is 17.2 Å². The second-order valence-corrected chi connectivity index (χ2v) is 9.47. The molecule has 1 N–H and O–H groups in total. The Morgan fingerprint density at radius 1 is 1.00 bits per heavy atom. The number of thioether (sulfide) groups is 1. The van der Waals surface area contributed by atoms with Crippen LogP contribution in [0.4, 0.5) is 0 Å². The minimum Gasteiger partial charge on any atom is -0.493 e. The molecule has 0 saturated carbocycles. The van der Waals surface area contributed by atoms with Gasteiger partial charge in [-0.05, 0) is 53.7 Å². The maximum atomic E-state index is 6.30. The first-order valence-electron chi connectivity index (χ1n) is 11.1. The molecule has 3 aromatic carbocycles. The summed E-state index contributed by atoms with van der Waals surface area (Å²) in [5, 5.41) is 17.5. The highest BCUT2D eigenvalue weighted by molar-refractivity contribution is 7.99. The third-order valence-corrected chi connectivity index (χ3v) is 6.75. The van der Waals surface area contributed by atoms with Crippen molar-refractivity contribution in [2.45, 2.75) is 24.7 Å². The lowest BCUT2D eigenvalue weighted by molar-refractivity contribution is 0.280. The SMILES string of the molecule is COc1cccc(CNCCCSc2nnnn2-c2ccccc2)c1OCc1ccc(Cl)cc1Cl. The average Bonchev–Trinajstić information content (AvgIpc) is 3.35. The lowest BCUT2D eigenvalue weighted by Crippen LogP contribution is -2.16. The van der Waals surface area contributed by atoms with Gasteiger partial charge in [-0.1, -0.05) is 71.4 Å². The van der Waals surface area contributed by atoms with Crippen molar-refractivity contribution < 1.29 is 9.47 Å². The van der Waals surface area contributed by atoms with Crippen LogP contribution in [0.2, 0.25) is 10.0 Å². The highest BCUT2D eigenvalue weighted by Crippen LogP contribution is 2.33. The Bertz CT molecular complexity index is 1240. The molecule has 1 aromatic heterocycles. The van der Waals surface area contributed by atoms with Gasteiger partial charge in [-0.25, -0.2) is 0 Å². The number of tetrazole rings is 1. The highest BCUT2D eigenvalue weighted by atomic mass is 35.5. The Morgan fingerprint density at radius 2 is 1.86 bits per heavy atom. The zero-order valence-electron chi connectivity index (χ0n) is 19.2. The molecule has 4 aromatic rings. The number of nitrogens with zero attached hydrogens (tertiary/aromatic N) is 4. The number of nitrogens with one attached hydrogen (secondary N) is 1. The van der Waals surface area contributed by atoms with Crippen LogP contribution in [0.5, 0.6) is 11.5 Å². The van der Waals surface area contributed by atoms with Crippen LogP contribution >= 0.6 is 35.0 Å². The van der Waals surface area contributed by atoms with Crippen LogP contribution in [0, 0.1) is 0 Å². The Hall–Kier alpha value is -2.78. The molecule has 0 bridgehead atoms. The van der Waals surface area contributed by atoms with Gasteiger partial charge in [0.1, 0.15) is 6.61 Å². The first-order chi connectivity index (χ1) is 17.2. The van der Waals surface area contributed by atoms with Crippen molar-refractivity contribution in [1.29, 1.82) is 0 Å². The summed E-state index contributed by atoms with van der Waals surface area (Å²) in [4.78, 5) is 0. The van der Waals surface area contributed by atoms with Crippen LogP contribution in [-0.2, 0) is 13.2 Å². The van der Waals surface area contributed by atoms with Crippen molar-refractivity contribution in [3.63, 3.8) is 0 Å². The number of ether oxygens (including phenoxy) is 2. The van der Waals surface area contributed by atoms with Crippen LogP contribution in [0.1, 0.15) is 17.5 Å². The molecule has 0 atom stereocenters. The molecule has 4 rings (SSSR count). The van der Waals surface area contributed by atoms with E-state index in [9.17, 15) is 0 Å². The fourth-order valence-corrected chi connectivity index (χ4v) is 4.69. The van der Waals surface area contributed by atoms with E-state index in [1.165, 1.54) is 0 Å². The molecule has 0 spiro atoms. The maximum absolute atomic E-state index is 6.30. The van der Waals surface area contributed by atoms with Crippen molar-refractivity contribution in [2.24, 2.45) is 0 Å². The third-order valence-electron chi connectivity index (χ3n) is 5.15. The number of rotatable bonds is 12. The molecule has 10 heteroatoms. The van der Waals surface area contributed by atoms with E-state index in [4.69, 9.17) is 32.7 Å². The standard InChI is InChI=1S/C25H25Cl2N5O2S/c1-33-23-10-5-7-18(24(23)34-17-19-11-12-20(26)15-22(19)27)16-28-13-6-14-35-25-29-30-31-32(25)21-8-3-2-4-9-21/h2-5,7-12,15,28H,6,13-14,16-17H2,1H3. The molecule has 0 fully saturated rings. The highest BCUT2D eigenvalue weighted by Gasteiger charge is 2.12.